The maximum absolute atomic E-state index is 12.0. The maximum Gasteiger partial charge on any atom is 0.344 e. The molecule has 0 aliphatic carbocycles. The molecule has 0 amide bonds. The number of aliphatic hydroxyl groups excluding tert-OH is 3. The van der Waals surface area contributed by atoms with Gasteiger partial charge in [-0.25, -0.2) is 9.59 Å². The van der Waals surface area contributed by atoms with Gasteiger partial charge in [-0.05, 0) is 12.8 Å². The minimum absolute atomic E-state index is 0.185. The largest absolute Gasteiger partial charge is 0.393 e. The molecule has 3 unspecified atom stereocenters. The minimum Gasteiger partial charge on any atom is -0.393 e. The van der Waals surface area contributed by atoms with Crippen molar-refractivity contribution >= 4 is 11.9 Å². The van der Waals surface area contributed by atoms with E-state index in [1.807, 2.05) is 0 Å². The highest BCUT2D eigenvalue weighted by molar-refractivity contribution is 5.69. The highest BCUT2D eigenvalue weighted by Gasteiger charge is 2.19. The molecule has 3 N–H and O–H groups in total. The second-order valence-corrected chi connectivity index (χ2v) is 13.9. The molecular formula is C39H76O9. The average Bonchev–Trinajstić information content (AvgIpc) is 3.06. The van der Waals surface area contributed by atoms with Gasteiger partial charge < -0.3 is 15.3 Å². The normalized spacial score (nSPS) is 13.4. The summed E-state index contributed by atoms with van der Waals surface area (Å²) < 4.78 is 0. The Morgan fingerprint density at radius 2 is 0.792 bits per heavy atom. The number of carbonyl (C=O) groups excluding carboxylic acids is 2. The van der Waals surface area contributed by atoms with Crippen molar-refractivity contribution in [2.45, 2.75) is 225 Å². The summed E-state index contributed by atoms with van der Waals surface area (Å²) in [5.74, 6) is -1.47. The SMILES string of the molecule is CCCCCCCCCCCCCCCC(O)CC(=O)OOCC(CO)OOC(=O)CC(O)CCCCCCCCCCCCCCC. The number of rotatable bonds is 38. The van der Waals surface area contributed by atoms with Crippen molar-refractivity contribution in [2.75, 3.05) is 13.2 Å². The van der Waals surface area contributed by atoms with E-state index in [4.69, 9.17) is 14.7 Å². The second kappa shape index (κ2) is 37.0. The first-order chi connectivity index (χ1) is 23.4. The molecule has 286 valence electrons. The molecule has 0 spiro atoms. The monoisotopic (exact) mass is 689 g/mol. The van der Waals surface area contributed by atoms with Gasteiger partial charge in [-0.3, -0.25) is 9.78 Å². The lowest BCUT2D eigenvalue weighted by atomic mass is 10.0. The Morgan fingerprint density at radius 3 is 1.12 bits per heavy atom. The lowest BCUT2D eigenvalue weighted by Crippen LogP contribution is -2.27. The van der Waals surface area contributed by atoms with E-state index in [9.17, 15) is 24.9 Å². The summed E-state index contributed by atoms with van der Waals surface area (Å²) in [4.78, 5) is 43.1. The molecule has 0 saturated heterocycles. The summed E-state index contributed by atoms with van der Waals surface area (Å²) in [6.07, 6.45) is 30.4. The van der Waals surface area contributed by atoms with Crippen molar-refractivity contribution in [2.24, 2.45) is 0 Å². The highest BCUT2D eigenvalue weighted by Crippen LogP contribution is 2.16. The van der Waals surface area contributed by atoms with Crippen molar-refractivity contribution in [1.29, 1.82) is 0 Å². The van der Waals surface area contributed by atoms with Gasteiger partial charge >= 0.3 is 11.9 Å². The van der Waals surface area contributed by atoms with Crippen LogP contribution in [0.1, 0.15) is 206 Å². The molecule has 9 nitrogen and oxygen atoms in total. The quantitative estimate of drug-likeness (QED) is 0.0329. The molecule has 0 radical (unpaired) electrons. The van der Waals surface area contributed by atoms with E-state index in [-0.39, 0.29) is 19.4 Å². The molecule has 0 fully saturated rings. The van der Waals surface area contributed by atoms with Gasteiger partial charge in [-0.15, -0.1) is 0 Å². The van der Waals surface area contributed by atoms with E-state index in [0.29, 0.717) is 12.8 Å². The zero-order chi connectivity index (χ0) is 35.3. The van der Waals surface area contributed by atoms with Gasteiger partial charge in [0.15, 0.2) is 6.10 Å². The van der Waals surface area contributed by atoms with Gasteiger partial charge in [-0.2, -0.15) is 9.78 Å². The molecule has 0 saturated carbocycles. The zero-order valence-electron chi connectivity index (χ0n) is 31.2. The van der Waals surface area contributed by atoms with E-state index in [0.717, 1.165) is 38.5 Å². The van der Waals surface area contributed by atoms with Crippen LogP contribution in [-0.2, 0) is 29.1 Å². The van der Waals surface area contributed by atoms with Crippen LogP contribution in [0.15, 0.2) is 0 Å². The van der Waals surface area contributed by atoms with Crippen LogP contribution in [0, 0.1) is 0 Å². The van der Waals surface area contributed by atoms with Crippen LogP contribution >= 0.6 is 0 Å². The smallest absolute Gasteiger partial charge is 0.344 e. The molecule has 0 heterocycles. The highest BCUT2D eigenvalue weighted by atomic mass is 17.2. The summed E-state index contributed by atoms with van der Waals surface area (Å²) in [7, 11) is 0. The Labute approximate surface area is 294 Å². The fourth-order valence-corrected chi connectivity index (χ4v) is 5.86. The summed E-state index contributed by atoms with van der Waals surface area (Å²) in [6, 6.07) is 0. The third-order valence-electron chi connectivity index (χ3n) is 8.97. The fourth-order valence-electron chi connectivity index (χ4n) is 5.86. The van der Waals surface area contributed by atoms with E-state index in [2.05, 4.69) is 18.7 Å². The third kappa shape index (κ3) is 34.6. The zero-order valence-corrected chi connectivity index (χ0v) is 31.2. The second-order valence-electron chi connectivity index (χ2n) is 13.9. The Balaban J connectivity index is 3.68. The molecule has 0 rings (SSSR count). The standard InChI is InChI=1S/C39H76O9/c1-3-5-7-9-11-13-15-17-19-21-23-25-27-29-35(41)31-38(43)47-45-34-37(33-40)46-48-39(44)32-36(42)30-28-26-24-22-20-18-16-14-12-10-8-6-4-2/h35-37,40-42H,3-34H2,1-2H3. The van der Waals surface area contributed by atoms with Gasteiger partial charge in [0, 0.05) is 0 Å². The summed E-state index contributed by atoms with van der Waals surface area (Å²) in [5, 5.41) is 29.7. The molecule has 3 atom stereocenters. The number of carbonyl (C=O) groups is 2. The molecular weight excluding hydrogens is 612 g/mol. The van der Waals surface area contributed by atoms with Crippen molar-refractivity contribution in [3.8, 4) is 0 Å². The van der Waals surface area contributed by atoms with Crippen molar-refractivity contribution < 1.29 is 44.5 Å². The van der Waals surface area contributed by atoms with Crippen LogP contribution in [0.3, 0.4) is 0 Å². The topological polar surface area (TPSA) is 132 Å². The van der Waals surface area contributed by atoms with Crippen LogP contribution in [-0.4, -0.2) is 58.8 Å². The van der Waals surface area contributed by atoms with Gasteiger partial charge in [0.2, 0.25) is 0 Å². The van der Waals surface area contributed by atoms with Crippen LogP contribution in [0.5, 0.6) is 0 Å². The molecule has 0 aliphatic heterocycles. The Hall–Kier alpha value is -1.26. The number of hydrogen-bond acceptors (Lipinski definition) is 9. The van der Waals surface area contributed by atoms with E-state index < -0.39 is 36.9 Å². The first-order valence-corrected chi connectivity index (χ1v) is 20.1. The predicted octanol–water partition coefficient (Wildman–Crippen LogP) is 9.76. The van der Waals surface area contributed by atoms with Crippen molar-refractivity contribution in [3.63, 3.8) is 0 Å². The van der Waals surface area contributed by atoms with Gasteiger partial charge in [0.25, 0.3) is 0 Å². The number of unbranched alkanes of at least 4 members (excludes halogenated alkanes) is 24. The minimum atomic E-state index is -1.06. The fraction of sp³-hybridized carbons (Fsp3) is 0.949. The van der Waals surface area contributed by atoms with Crippen LogP contribution in [0.25, 0.3) is 0 Å². The molecule has 0 aromatic rings. The van der Waals surface area contributed by atoms with Crippen molar-refractivity contribution in [1.82, 2.24) is 0 Å². The van der Waals surface area contributed by atoms with Gasteiger partial charge in [0.1, 0.15) is 6.61 Å². The van der Waals surface area contributed by atoms with Crippen molar-refractivity contribution in [3.05, 3.63) is 0 Å². The molecule has 0 aromatic heterocycles. The predicted molar refractivity (Wildman–Crippen MR) is 192 cm³/mol. The Morgan fingerprint density at radius 1 is 0.479 bits per heavy atom. The van der Waals surface area contributed by atoms with Gasteiger partial charge in [0.05, 0.1) is 31.7 Å². The molecule has 48 heavy (non-hydrogen) atoms. The molecule has 0 aromatic carbocycles. The summed E-state index contributed by atoms with van der Waals surface area (Å²) in [6.45, 7) is 3.60. The number of hydrogen-bond donors (Lipinski definition) is 3. The van der Waals surface area contributed by atoms with E-state index in [1.165, 1.54) is 128 Å². The first kappa shape index (κ1) is 46.7. The molecule has 9 heteroatoms. The molecule has 0 bridgehead atoms. The first-order valence-electron chi connectivity index (χ1n) is 20.1. The summed E-state index contributed by atoms with van der Waals surface area (Å²) >= 11 is 0. The Bertz CT molecular complexity index is 690. The average molecular weight is 689 g/mol. The Kier molecular flexibility index (Phi) is 36.0. The van der Waals surface area contributed by atoms with Crippen LogP contribution in [0.2, 0.25) is 0 Å². The van der Waals surface area contributed by atoms with E-state index >= 15 is 0 Å². The lowest BCUT2D eigenvalue weighted by Gasteiger charge is -2.14. The van der Waals surface area contributed by atoms with Gasteiger partial charge in [-0.1, -0.05) is 181 Å². The number of aliphatic hydroxyl groups is 3. The summed E-state index contributed by atoms with van der Waals surface area (Å²) in [5.41, 5.74) is 0. The lowest BCUT2D eigenvalue weighted by molar-refractivity contribution is -0.340. The third-order valence-corrected chi connectivity index (χ3v) is 8.97. The van der Waals surface area contributed by atoms with Crippen LogP contribution < -0.4 is 0 Å². The maximum atomic E-state index is 12.0. The van der Waals surface area contributed by atoms with Crippen LogP contribution in [0.4, 0.5) is 0 Å². The molecule has 0 aliphatic rings. The van der Waals surface area contributed by atoms with E-state index in [1.54, 1.807) is 0 Å².